The van der Waals surface area contributed by atoms with Crippen LogP contribution < -0.4 is 10.1 Å². The summed E-state index contributed by atoms with van der Waals surface area (Å²) in [6, 6.07) is 21.8. The molecule has 0 aliphatic heterocycles. The molecule has 1 amide bonds. The highest BCUT2D eigenvalue weighted by Crippen LogP contribution is 2.25. The Balaban J connectivity index is 1.49. The lowest BCUT2D eigenvalue weighted by Crippen LogP contribution is -2.05. The molecule has 1 N–H and O–H groups in total. The average Bonchev–Trinajstić information content (AvgIpc) is 2.67. The molecule has 3 aromatic rings. The Morgan fingerprint density at radius 1 is 1.04 bits per heavy atom. The van der Waals surface area contributed by atoms with E-state index in [1.807, 2.05) is 54.6 Å². The molecule has 0 spiro atoms. The number of hydrogen-bond donors (Lipinski definition) is 1. The fraction of sp³-hybridized carbons (Fsp3) is 0.143. The number of anilines is 1. The van der Waals surface area contributed by atoms with Crippen LogP contribution in [-0.2, 0) is 17.2 Å². The van der Waals surface area contributed by atoms with Crippen LogP contribution in [0.4, 0.5) is 5.69 Å². The van der Waals surface area contributed by atoms with Crippen molar-refractivity contribution in [3.8, 4) is 5.75 Å². The first kappa shape index (κ1) is 18.0. The van der Waals surface area contributed by atoms with Crippen LogP contribution in [0.15, 0.2) is 77.8 Å². The third kappa shape index (κ3) is 5.63. The minimum Gasteiger partial charge on any atom is -0.487 e. The van der Waals surface area contributed by atoms with Gasteiger partial charge < -0.3 is 10.1 Å². The highest BCUT2D eigenvalue weighted by molar-refractivity contribution is 7.98. The van der Waals surface area contributed by atoms with Crippen molar-refractivity contribution in [2.24, 2.45) is 0 Å². The van der Waals surface area contributed by atoms with Gasteiger partial charge in [-0.1, -0.05) is 18.2 Å². The SMILES string of the molecule is CC(=O)Nc1ccc(SCc2ccc(OCc3ccccn3)cc2)cc1. The maximum atomic E-state index is 11.0. The lowest BCUT2D eigenvalue weighted by atomic mass is 10.2. The average molecular weight is 364 g/mol. The molecule has 0 atom stereocenters. The van der Waals surface area contributed by atoms with E-state index in [9.17, 15) is 4.79 Å². The molecule has 0 bridgehead atoms. The molecule has 4 nitrogen and oxygen atoms in total. The predicted octanol–water partition coefficient (Wildman–Crippen LogP) is 4.91. The summed E-state index contributed by atoms with van der Waals surface area (Å²) >= 11 is 1.75. The minimum absolute atomic E-state index is 0.0595. The number of nitrogens with zero attached hydrogens (tertiary/aromatic N) is 1. The third-order valence-corrected chi connectivity index (χ3v) is 4.70. The third-order valence-electron chi connectivity index (χ3n) is 3.62. The molecule has 0 aliphatic carbocycles. The van der Waals surface area contributed by atoms with E-state index in [2.05, 4.69) is 22.4 Å². The molecule has 5 heteroatoms. The number of hydrogen-bond acceptors (Lipinski definition) is 4. The van der Waals surface area contributed by atoms with Crippen molar-refractivity contribution >= 4 is 23.4 Å². The van der Waals surface area contributed by atoms with Crippen LogP contribution in [0.3, 0.4) is 0 Å². The lowest BCUT2D eigenvalue weighted by molar-refractivity contribution is -0.114. The van der Waals surface area contributed by atoms with Gasteiger partial charge in [0.25, 0.3) is 0 Å². The quantitative estimate of drug-likeness (QED) is 0.605. The second kappa shape index (κ2) is 9.06. The number of pyridine rings is 1. The number of aromatic nitrogens is 1. The molecule has 0 saturated heterocycles. The first-order chi connectivity index (χ1) is 12.7. The number of thioether (sulfide) groups is 1. The van der Waals surface area contributed by atoms with E-state index in [0.29, 0.717) is 6.61 Å². The van der Waals surface area contributed by atoms with E-state index in [1.165, 1.54) is 12.5 Å². The first-order valence-electron chi connectivity index (χ1n) is 8.31. The molecule has 2 aromatic carbocycles. The Kier molecular flexibility index (Phi) is 6.28. The van der Waals surface area contributed by atoms with Crippen LogP contribution in [0.5, 0.6) is 5.75 Å². The molecule has 0 radical (unpaired) electrons. The molecule has 0 unspecified atom stereocenters. The van der Waals surface area contributed by atoms with Gasteiger partial charge >= 0.3 is 0 Å². The second-order valence-electron chi connectivity index (χ2n) is 5.75. The minimum atomic E-state index is -0.0595. The summed E-state index contributed by atoms with van der Waals surface area (Å²) in [7, 11) is 0. The van der Waals surface area contributed by atoms with E-state index in [1.54, 1.807) is 18.0 Å². The molecular weight excluding hydrogens is 344 g/mol. The second-order valence-corrected chi connectivity index (χ2v) is 6.80. The Bertz CT molecular complexity index is 834. The van der Waals surface area contributed by atoms with Gasteiger partial charge in [0, 0.05) is 29.5 Å². The highest BCUT2D eigenvalue weighted by atomic mass is 32.2. The van der Waals surface area contributed by atoms with Crippen LogP contribution in [0.1, 0.15) is 18.2 Å². The lowest BCUT2D eigenvalue weighted by Gasteiger charge is -2.07. The van der Waals surface area contributed by atoms with Crippen LogP contribution in [0, 0.1) is 0 Å². The number of ether oxygens (including phenoxy) is 1. The van der Waals surface area contributed by atoms with Gasteiger partial charge in [0.2, 0.25) is 5.91 Å². The molecule has 3 rings (SSSR count). The topological polar surface area (TPSA) is 51.2 Å². The standard InChI is InChI=1S/C21H20N2O2S/c1-16(24)23-18-7-11-21(12-8-18)26-15-17-5-9-20(10-6-17)25-14-19-4-2-3-13-22-19/h2-13H,14-15H2,1H3,(H,23,24). The van der Waals surface area contributed by atoms with Crippen molar-refractivity contribution in [3.63, 3.8) is 0 Å². The van der Waals surface area contributed by atoms with Crippen LogP contribution in [0.25, 0.3) is 0 Å². The fourth-order valence-electron chi connectivity index (χ4n) is 2.33. The fourth-order valence-corrected chi connectivity index (χ4v) is 3.18. The number of amides is 1. The Hall–Kier alpha value is -2.79. The summed E-state index contributed by atoms with van der Waals surface area (Å²) in [6.45, 7) is 1.97. The van der Waals surface area contributed by atoms with Crippen molar-refractivity contribution in [1.29, 1.82) is 0 Å². The monoisotopic (exact) mass is 364 g/mol. The van der Waals surface area contributed by atoms with Gasteiger partial charge in [-0.3, -0.25) is 9.78 Å². The Morgan fingerprint density at radius 3 is 2.46 bits per heavy atom. The normalized spacial score (nSPS) is 10.3. The molecule has 0 fully saturated rings. The van der Waals surface area contributed by atoms with Gasteiger partial charge in [0.1, 0.15) is 12.4 Å². The van der Waals surface area contributed by atoms with Crippen LogP contribution in [-0.4, -0.2) is 10.9 Å². The molecular formula is C21H20N2O2S. The Morgan fingerprint density at radius 2 is 1.81 bits per heavy atom. The van der Waals surface area contributed by atoms with E-state index >= 15 is 0 Å². The maximum absolute atomic E-state index is 11.0. The highest BCUT2D eigenvalue weighted by Gasteiger charge is 2.01. The zero-order chi connectivity index (χ0) is 18.2. The molecule has 1 heterocycles. The Labute approximate surface area is 157 Å². The summed E-state index contributed by atoms with van der Waals surface area (Å²) in [5.74, 6) is 1.65. The van der Waals surface area contributed by atoms with Gasteiger partial charge in [-0.05, 0) is 54.1 Å². The zero-order valence-corrected chi connectivity index (χ0v) is 15.3. The van der Waals surface area contributed by atoms with Gasteiger partial charge in [-0.15, -0.1) is 11.8 Å². The van der Waals surface area contributed by atoms with Crippen molar-refractivity contribution < 1.29 is 9.53 Å². The van der Waals surface area contributed by atoms with Gasteiger partial charge in [0.15, 0.2) is 0 Å². The zero-order valence-electron chi connectivity index (χ0n) is 14.5. The number of benzene rings is 2. The molecule has 0 aliphatic rings. The van der Waals surface area contributed by atoms with E-state index in [0.717, 1.165) is 27.8 Å². The summed E-state index contributed by atoms with van der Waals surface area (Å²) in [5.41, 5.74) is 2.96. The summed E-state index contributed by atoms with van der Waals surface area (Å²) in [4.78, 5) is 16.4. The number of carbonyl (C=O) groups excluding carboxylic acids is 1. The van der Waals surface area contributed by atoms with Crippen LogP contribution >= 0.6 is 11.8 Å². The smallest absolute Gasteiger partial charge is 0.221 e. The van der Waals surface area contributed by atoms with Gasteiger partial charge in [-0.25, -0.2) is 0 Å². The predicted molar refractivity (Wildman–Crippen MR) is 105 cm³/mol. The van der Waals surface area contributed by atoms with Crippen molar-refractivity contribution in [2.45, 2.75) is 24.2 Å². The number of rotatable bonds is 7. The van der Waals surface area contributed by atoms with Gasteiger partial charge in [0.05, 0.1) is 5.69 Å². The van der Waals surface area contributed by atoms with Crippen molar-refractivity contribution in [1.82, 2.24) is 4.98 Å². The summed E-state index contributed by atoms with van der Waals surface area (Å²) < 4.78 is 5.75. The van der Waals surface area contributed by atoms with Crippen molar-refractivity contribution in [2.75, 3.05) is 5.32 Å². The molecule has 1 aromatic heterocycles. The molecule has 0 saturated carbocycles. The molecule has 132 valence electrons. The van der Waals surface area contributed by atoms with E-state index in [4.69, 9.17) is 4.74 Å². The van der Waals surface area contributed by atoms with Crippen LogP contribution in [0.2, 0.25) is 0 Å². The van der Waals surface area contributed by atoms with Gasteiger partial charge in [-0.2, -0.15) is 0 Å². The van der Waals surface area contributed by atoms with Crippen molar-refractivity contribution in [3.05, 3.63) is 84.2 Å². The first-order valence-corrected chi connectivity index (χ1v) is 9.30. The number of carbonyl (C=O) groups is 1. The maximum Gasteiger partial charge on any atom is 0.221 e. The summed E-state index contributed by atoms with van der Waals surface area (Å²) in [5, 5.41) is 2.77. The number of nitrogens with one attached hydrogen (secondary N) is 1. The molecule has 26 heavy (non-hydrogen) atoms. The van der Waals surface area contributed by atoms with E-state index in [-0.39, 0.29) is 5.91 Å². The van der Waals surface area contributed by atoms with E-state index < -0.39 is 0 Å². The summed E-state index contributed by atoms with van der Waals surface area (Å²) in [6.07, 6.45) is 1.77. The largest absolute Gasteiger partial charge is 0.487 e.